The van der Waals surface area contributed by atoms with Gasteiger partial charge in [0.2, 0.25) is 10.7 Å². The number of ketones is 1. The Bertz CT molecular complexity index is 931. The van der Waals surface area contributed by atoms with Crippen molar-refractivity contribution in [2.75, 3.05) is 11.4 Å². The van der Waals surface area contributed by atoms with Crippen molar-refractivity contribution >= 4 is 46.5 Å². The Morgan fingerprint density at radius 2 is 2.04 bits per heavy atom. The summed E-state index contributed by atoms with van der Waals surface area (Å²) >= 11 is 3.95. The van der Waals surface area contributed by atoms with Gasteiger partial charge in [-0.25, -0.2) is 9.18 Å². The number of anilines is 1. The molecule has 25 heavy (non-hydrogen) atoms. The van der Waals surface area contributed by atoms with Gasteiger partial charge >= 0.3 is 5.97 Å². The normalized spacial score (nSPS) is 18.4. The highest BCUT2D eigenvalue weighted by atomic mass is 35.5. The highest BCUT2D eigenvalue weighted by molar-refractivity contribution is 7.97. The molecule has 0 bridgehead atoms. The molecule has 2 aromatic carbocycles. The van der Waals surface area contributed by atoms with Crippen molar-refractivity contribution in [3.63, 3.8) is 0 Å². The van der Waals surface area contributed by atoms with E-state index in [1.807, 2.05) is 0 Å². The molecule has 1 aliphatic rings. The molecule has 0 saturated heterocycles. The first-order valence-electron chi connectivity index (χ1n) is 7.04. The zero-order chi connectivity index (χ0) is 18.3. The van der Waals surface area contributed by atoms with Crippen LogP contribution in [0.5, 0.6) is 0 Å². The van der Waals surface area contributed by atoms with Crippen molar-refractivity contribution in [2.24, 2.45) is 0 Å². The van der Waals surface area contributed by atoms with E-state index in [0.29, 0.717) is 11.3 Å². The van der Waals surface area contributed by atoms with Gasteiger partial charge in [-0.1, -0.05) is 17.7 Å². The van der Waals surface area contributed by atoms with Crippen LogP contribution in [0.3, 0.4) is 0 Å². The second-order valence-corrected chi connectivity index (χ2v) is 7.19. The number of halogens is 2. The van der Waals surface area contributed by atoms with Gasteiger partial charge < -0.3 is 9.66 Å². The molecule has 2 aromatic rings. The van der Waals surface area contributed by atoms with Gasteiger partial charge in [0, 0.05) is 6.08 Å². The third-order valence-corrected chi connectivity index (χ3v) is 5.39. The molecule has 3 rings (SSSR count). The molecule has 0 amide bonds. The second-order valence-electron chi connectivity index (χ2n) is 5.29. The van der Waals surface area contributed by atoms with Crippen molar-refractivity contribution in [1.29, 1.82) is 0 Å². The molecule has 0 aliphatic carbocycles. The molecule has 0 radical (unpaired) electrons. The van der Waals surface area contributed by atoms with Crippen LogP contribution < -0.4 is 4.31 Å². The summed E-state index contributed by atoms with van der Waals surface area (Å²) < 4.78 is 27.2. The van der Waals surface area contributed by atoms with E-state index < -0.39 is 28.9 Å². The summed E-state index contributed by atoms with van der Waals surface area (Å²) in [5.41, 5.74) is 0.885. The molecule has 1 aliphatic heterocycles. The number of carboxylic acid groups (broad SMARTS) is 1. The van der Waals surface area contributed by atoms with Gasteiger partial charge in [-0.05, 0) is 35.9 Å². The maximum atomic E-state index is 13.3. The molecule has 8 heteroatoms. The molecule has 0 spiro atoms. The molecule has 0 aromatic heterocycles. The van der Waals surface area contributed by atoms with Crippen LogP contribution in [-0.4, -0.2) is 28.5 Å². The second kappa shape index (κ2) is 6.51. The molecule has 0 saturated carbocycles. The van der Waals surface area contributed by atoms with E-state index in [4.69, 9.17) is 16.7 Å². The molecule has 128 valence electrons. The van der Waals surface area contributed by atoms with Gasteiger partial charge in [0.25, 0.3) is 0 Å². The van der Waals surface area contributed by atoms with E-state index in [1.165, 1.54) is 47.8 Å². The number of aromatic carboxylic acids is 1. The maximum Gasteiger partial charge on any atom is 0.335 e. The minimum absolute atomic E-state index is 0.0415. The van der Waals surface area contributed by atoms with E-state index in [2.05, 4.69) is 0 Å². The standard InChI is InChI=1S/C17H11ClFNO4S/c1-20-14-5-3-10(17(22)23)8-11(14)16(21)15(25(20)24)7-9-2-4-13(19)12(18)6-9/h2-8H,1H3,(H,22,23)/b15-7+. The first kappa shape index (κ1) is 17.5. The lowest BCUT2D eigenvalue weighted by atomic mass is 10.0. The number of carbonyl (C=O) groups excluding carboxylic acids is 1. The van der Waals surface area contributed by atoms with Gasteiger partial charge in [-0.15, -0.1) is 0 Å². The molecule has 0 fully saturated rings. The first-order valence-corrected chi connectivity index (χ1v) is 8.52. The smallest absolute Gasteiger partial charge is 0.335 e. The van der Waals surface area contributed by atoms with Crippen LogP contribution >= 0.6 is 11.6 Å². The maximum absolute atomic E-state index is 13.3. The number of carboxylic acids is 1. The van der Waals surface area contributed by atoms with Gasteiger partial charge in [0.05, 0.1) is 28.9 Å². The van der Waals surface area contributed by atoms with Crippen LogP contribution in [0.15, 0.2) is 41.3 Å². The fraction of sp³-hybridized carbons (Fsp3) is 0.0588. The van der Waals surface area contributed by atoms with Crippen LogP contribution in [-0.2, 0) is 11.4 Å². The highest BCUT2D eigenvalue weighted by Crippen LogP contribution is 2.35. The van der Waals surface area contributed by atoms with Crippen molar-refractivity contribution in [1.82, 2.24) is 0 Å². The number of nitrogens with zero attached hydrogens (tertiary/aromatic N) is 1. The number of Topliss-reactive ketones (excluding diaryl/α,β-unsaturated/α-hetero) is 1. The Morgan fingerprint density at radius 1 is 1.32 bits per heavy atom. The number of allylic oxidation sites excluding steroid dienone is 1. The highest BCUT2D eigenvalue weighted by Gasteiger charge is 2.38. The van der Waals surface area contributed by atoms with E-state index in [0.717, 1.165) is 6.07 Å². The number of hydrogen-bond acceptors (Lipinski definition) is 4. The number of benzene rings is 2. The largest absolute Gasteiger partial charge is 0.588 e. The van der Waals surface area contributed by atoms with Gasteiger partial charge in [0.1, 0.15) is 17.2 Å². The van der Waals surface area contributed by atoms with Gasteiger partial charge in [-0.2, -0.15) is 4.31 Å². The monoisotopic (exact) mass is 379 g/mol. The summed E-state index contributed by atoms with van der Waals surface area (Å²) in [6, 6.07) is 7.90. The van der Waals surface area contributed by atoms with Crippen molar-refractivity contribution in [2.45, 2.75) is 0 Å². The summed E-state index contributed by atoms with van der Waals surface area (Å²) in [6.45, 7) is 0. The Balaban J connectivity index is 2.11. The fourth-order valence-corrected chi connectivity index (χ4v) is 3.77. The summed E-state index contributed by atoms with van der Waals surface area (Å²) in [6.07, 6.45) is 1.36. The number of fused-ring (bicyclic) bond motifs is 1. The van der Waals surface area contributed by atoms with Crippen LogP contribution in [0.4, 0.5) is 10.1 Å². The van der Waals surface area contributed by atoms with Crippen LogP contribution in [0, 0.1) is 5.82 Å². The van der Waals surface area contributed by atoms with Gasteiger partial charge in [0.15, 0.2) is 0 Å². The first-order chi connectivity index (χ1) is 11.8. The van der Waals surface area contributed by atoms with E-state index >= 15 is 0 Å². The molecule has 1 unspecified atom stereocenters. The molecule has 5 nitrogen and oxygen atoms in total. The van der Waals surface area contributed by atoms with E-state index in [-0.39, 0.29) is 21.1 Å². The fourth-order valence-electron chi connectivity index (χ4n) is 2.44. The average Bonchev–Trinajstić information content (AvgIpc) is 2.59. The quantitative estimate of drug-likeness (QED) is 0.638. The lowest BCUT2D eigenvalue weighted by Gasteiger charge is -2.29. The zero-order valence-corrected chi connectivity index (χ0v) is 14.4. The summed E-state index contributed by atoms with van der Waals surface area (Å²) in [5.74, 6) is -2.32. The lowest BCUT2D eigenvalue weighted by molar-refractivity contribution is 0.0697. The minimum Gasteiger partial charge on any atom is -0.588 e. The average molecular weight is 380 g/mol. The third-order valence-electron chi connectivity index (χ3n) is 3.73. The van der Waals surface area contributed by atoms with Crippen LogP contribution in [0.2, 0.25) is 5.02 Å². The Morgan fingerprint density at radius 3 is 2.68 bits per heavy atom. The summed E-state index contributed by atoms with van der Waals surface area (Å²) in [4.78, 5) is 23.8. The Hall–Kier alpha value is -2.35. The number of carbonyl (C=O) groups is 2. The minimum atomic E-state index is -1.78. The Labute approximate surface area is 150 Å². The van der Waals surface area contributed by atoms with Crippen LogP contribution in [0.1, 0.15) is 26.3 Å². The molecular weight excluding hydrogens is 369 g/mol. The summed E-state index contributed by atoms with van der Waals surface area (Å²) in [5, 5.41) is 8.98. The van der Waals surface area contributed by atoms with Crippen molar-refractivity contribution in [3.8, 4) is 0 Å². The van der Waals surface area contributed by atoms with Crippen molar-refractivity contribution in [3.05, 3.63) is 68.8 Å². The summed E-state index contributed by atoms with van der Waals surface area (Å²) in [7, 11) is 1.54. The third kappa shape index (κ3) is 3.13. The molecule has 1 heterocycles. The molecular formula is C17H11ClFNO4S. The number of hydrogen-bond donors (Lipinski definition) is 1. The van der Waals surface area contributed by atoms with Crippen molar-refractivity contribution < 1.29 is 23.6 Å². The van der Waals surface area contributed by atoms with Gasteiger partial charge in [-0.3, -0.25) is 4.79 Å². The predicted molar refractivity (Wildman–Crippen MR) is 93.7 cm³/mol. The van der Waals surface area contributed by atoms with E-state index in [1.54, 1.807) is 0 Å². The predicted octanol–water partition coefficient (Wildman–Crippen LogP) is 3.51. The SMILES string of the molecule is CN1c2ccc(C(=O)O)cc2C(=O)/C(=C\c2ccc(F)c(Cl)c2)[S+]1[O-]. The Kier molecular flexibility index (Phi) is 4.55. The zero-order valence-electron chi connectivity index (χ0n) is 12.8. The van der Waals surface area contributed by atoms with Crippen LogP contribution in [0.25, 0.3) is 6.08 Å². The van der Waals surface area contributed by atoms with E-state index in [9.17, 15) is 18.5 Å². The molecule has 1 N–H and O–H groups in total. The lowest BCUT2D eigenvalue weighted by Crippen LogP contribution is -2.36. The molecule has 1 atom stereocenters. The number of rotatable bonds is 2. The topological polar surface area (TPSA) is 80.7 Å².